The summed E-state index contributed by atoms with van der Waals surface area (Å²) in [6.45, 7) is 4.70. The largest absolute Gasteiger partial charge is 0.370 e. The molecule has 2 amide bonds. The van der Waals surface area contributed by atoms with Crippen molar-refractivity contribution in [1.82, 2.24) is 9.97 Å². The van der Waals surface area contributed by atoms with Gasteiger partial charge in [0.2, 0.25) is 17.8 Å². The average molecular weight is 345 g/mol. The minimum absolute atomic E-state index is 0.0844. The first kappa shape index (κ1) is 17.6. The van der Waals surface area contributed by atoms with Crippen LogP contribution in [0.3, 0.4) is 0 Å². The van der Waals surface area contributed by atoms with Gasteiger partial charge in [0.15, 0.2) is 0 Å². The highest BCUT2D eigenvalue weighted by molar-refractivity contribution is 5.98. The SMILES string of the molecule is CCNc1nc(C)c2c(n1)N(C1CCCC1)C(=O)C(CCC(N)=O)C2. The van der Waals surface area contributed by atoms with Crippen LogP contribution in [-0.2, 0) is 16.0 Å². The Hall–Kier alpha value is -2.18. The summed E-state index contributed by atoms with van der Waals surface area (Å²) < 4.78 is 0. The molecule has 7 nitrogen and oxygen atoms in total. The quantitative estimate of drug-likeness (QED) is 0.820. The first-order valence-corrected chi connectivity index (χ1v) is 9.24. The number of rotatable bonds is 6. The first-order chi connectivity index (χ1) is 12.0. The Morgan fingerprint density at radius 2 is 2.04 bits per heavy atom. The Labute approximate surface area is 148 Å². The van der Waals surface area contributed by atoms with Gasteiger partial charge in [-0.05, 0) is 39.5 Å². The van der Waals surface area contributed by atoms with Crippen LogP contribution in [0.4, 0.5) is 11.8 Å². The Morgan fingerprint density at radius 1 is 1.32 bits per heavy atom. The van der Waals surface area contributed by atoms with E-state index in [2.05, 4.69) is 15.3 Å². The van der Waals surface area contributed by atoms with Crippen molar-refractivity contribution in [1.29, 1.82) is 0 Å². The number of carbonyl (C=O) groups is 2. The van der Waals surface area contributed by atoms with Crippen LogP contribution in [0.25, 0.3) is 0 Å². The third-order valence-corrected chi connectivity index (χ3v) is 5.22. The number of amides is 2. The molecule has 1 fully saturated rings. The van der Waals surface area contributed by atoms with Gasteiger partial charge in [0.25, 0.3) is 0 Å². The maximum absolute atomic E-state index is 13.2. The Kier molecular flexibility index (Phi) is 5.20. The zero-order valence-electron chi connectivity index (χ0n) is 15.0. The number of aromatic nitrogens is 2. The van der Waals surface area contributed by atoms with E-state index in [9.17, 15) is 9.59 Å². The van der Waals surface area contributed by atoms with E-state index >= 15 is 0 Å². The smallest absolute Gasteiger partial charge is 0.231 e. The summed E-state index contributed by atoms with van der Waals surface area (Å²) in [6.07, 6.45) is 5.61. The molecule has 1 unspecified atom stereocenters. The summed E-state index contributed by atoms with van der Waals surface area (Å²) >= 11 is 0. The predicted molar refractivity (Wildman–Crippen MR) is 96.3 cm³/mol. The second kappa shape index (κ2) is 7.37. The van der Waals surface area contributed by atoms with Crippen LogP contribution in [0.1, 0.15) is 56.7 Å². The highest BCUT2D eigenvalue weighted by atomic mass is 16.2. The van der Waals surface area contributed by atoms with Gasteiger partial charge in [0, 0.05) is 36.2 Å². The van der Waals surface area contributed by atoms with Crippen molar-refractivity contribution in [2.45, 2.75) is 64.8 Å². The fourth-order valence-electron chi connectivity index (χ4n) is 3.95. The first-order valence-electron chi connectivity index (χ1n) is 9.24. The maximum Gasteiger partial charge on any atom is 0.231 e. The molecule has 1 aliphatic carbocycles. The minimum Gasteiger partial charge on any atom is -0.370 e. The number of fused-ring (bicyclic) bond motifs is 1. The Morgan fingerprint density at radius 3 is 2.68 bits per heavy atom. The average Bonchev–Trinajstić information content (AvgIpc) is 3.07. The molecule has 1 saturated carbocycles. The number of anilines is 2. The molecule has 1 aromatic rings. The molecule has 0 saturated heterocycles. The number of primary amides is 1. The van der Waals surface area contributed by atoms with E-state index in [0.29, 0.717) is 18.8 Å². The molecule has 7 heteroatoms. The third kappa shape index (κ3) is 3.60. The van der Waals surface area contributed by atoms with Crippen molar-refractivity contribution in [2.24, 2.45) is 11.7 Å². The molecule has 136 valence electrons. The predicted octanol–water partition coefficient (Wildman–Crippen LogP) is 1.93. The molecule has 0 radical (unpaired) electrons. The number of aryl methyl sites for hydroxylation is 1. The summed E-state index contributed by atoms with van der Waals surface area (Å²) in [7, 11) is 0. The molecule has 1 aromatic heterocycles. The van der Waals surface area contributed by atoms with Gasteiger partial charge in [-0.25, -0.2) is 4.98 Å². The van der Waals surface area contributed by atoms with Crippen molar-refractivity contribution < 1.29 is 9.59 Å². The molecule has 2 aliphatic rings. The van der Waals surface area contributed by atoms with Gasteiger partial charge in [-0.2, -0.15) is 4.98 Å². The third-order valence-electron chi connectivity index (χ3n) is 5.22. The van der Waals surface area contributed by atoms with Gasteiger partial charge >= 0.3 is 0 Å². The van der Waals surface area contributed by atoms with E-state index < -0.39 is 0 Å². The standard InChI is InChI=1S/C18H27N5O2/c1-3-20-18-21-11(2)14-10-12(8-9-15(19)24)17(25)23(16(14)22-18)13-6-4-5-7-13/h12-13H,3-10H2,1-2H3,(H2,19,24)(H,20,21,22). The Balaban J connectivity index is 1.99. The van der Waals surface area contributed by atoms with Crippen molar-refractivity contribution in [3.63, 3.8) is 0 Å². The van der Waals surface area contributed by atoms with Crippen molar-refractivity contribution in [3.8, 4) is 0 Å². The fraction of sp³-hybridized carbons (Fsp3) is 0.667. The number of carbonyl (C=O) groups excluding carboxylic acids is 2. The van der Waals surface area contributed by atoms with Crippen LogP contribution >= 0.6 is 0 Å². The van der Waals surface area contributed by atoms with Crippen molar-refractivity contribution >= 4 is 23.6 Å². The van der Waals surface area contributed by atoms with Crippen LogP contribution in [0.5, 0.6) is 0 Å². The van der Waals surface area contributed by atoms with Gasteiger partial charge in [-0.15, -0.1) is 0 Å². The molecular formula is C18H27N5O2. The van der Waals surface area contributed by atoms with Crippen LogP contribution < -0.4 is 16.0 Å². The topological polar surface area (TPSA) is 101 Å². The molecule has 3 N–H and O–H groups in total. The summed E-state index contributed by atoms with van der Waals surface area (Å²) in [4.78, 5) is 35.4. The number of nitrogens with two attached hydrogens (primary N) is 1. The van der Waals surface area contributed by atoms with Gasteiger partial charge < -0.3 is 11.1 Å². The molecule has 1 aliphatic heterocycles. The molecule has 1 atom stereocenters. The fourth-order valence-corrected chi connectivity index (χ4v) is 3.95. The van der Waals surface area contributed by atoms with E-state index in [1.165, 1.54) is 0 Å². The molecule has 0 spiro atoms. The van der Waals surface area contributed by atoms with Crippen LogP contribution in [0.2, 0.25) is 0 Å². The zero-order valence-corrected chi connectivity index (χ0v) is 15.0. The van der Waals surface area contributed by atoms with Gasteiger partial charge in [0.1, 0.15) is 5.82 Å². The lowest BCUT2D eigenvalue weighted by molar-refractivity contribution is -0.124. The molecule has 0 bridgehead atoms. The normalized spacial score (nSPS) is 20.6. The number of nitrogens with zero attached hydrogens (tertiary/aromatic N) is 3. The second-order valence-electron chi connectivity index (χ2n) is 7.02. The molecule has 0 aromatic carbocycles. The van der Waals surface area contributed by atoms with Gasteiger partial charge in [0.05, 0.1) is 0 Å². The highest BCUT2D eigenvalue weighted by Gasteiger charge is 2.39. The van der Waals surface area contributed by atoms with Crippen molar-refractivity contribution in [3.05, 3.63) is 11.3 Å². The van der Waals surface area contributed by atoms with E-state index in [4.69, 9.17) is 5.73 Å². The highest BCUT2D eigenvalue weighted by Crippen LogP contribution is 2.38. The molecule has 3 rings (SSSR count). The zero-order chi connectivity index (χ0) is 18.0. The van der Waals surface area contributed by atoms with Crippen LogP contribution in [0, 0.1) is 12.8 Å². The lowest BCUT2D eigenvalue weighted by Crippen LogP contribution is -2.47. The van der Waals surface area contributed by atoms with E-state index in [0.717, 1.165) is 49.3 Å². The lowest BCUT2D eigenvalue weighted by atomic mass is 9.88. The molecular weight excluding hydrogens is 318 g/mol. The summed E-state index contributed by atoms with van der Waals surface area (Å²) in [5.74, 6) is 0.844. The van der Waals surface area contributed by atoms with Gasteiger partial charge in [-0.1, -0.05) is 12.8 Å². The lowest BCUT2D eigenvalue weighted by Gasteiger charge is -2.37. The molecule has 2 heterocycles. The number of hydrogen-bond donors (Lipinski definition) is 2. The minimum atomic E-state index is -0.360. The van der Waals surface area contributed by atoms with Crippen LogP contribution in [-0.4, -0.2) is 34.4 Å². The second-order valence-corrected chi connectivity index (χ2v) is 7.02. The maximum atomic E-state index is 13.2. The Bertz CT molecular complexity index is 670. The summed E-state index contributed by atoms with van der Waals surface area (Å²) in [5.41, 5.74) is 7.23. The van der Waals surface area contributed by atoms with E-state index in [-0.39, 0.29) is 30.2 Å². The van der Waals surface area contributed by atoms with Crippen molar-refractivity contribution in [2.75, 3.05) is 16.8 Å². The summed E-state index contributed by atoms with van der Waals surface area (Å²) in [6, 6.07) is 0.200. The van der Waals surface area contributed by atoms with E-state index in [1.54, 1.807) is 0 Å². The summed E-state index contributed by atoms with van der Waals surface area (Å²) in [5, 5.41) is 3.15. The monoisotopic (exact) mass is 345 g/mol. The number of nitrogens with one attached hydrogen (secondary N) is 1. The number of hydrogen-bond acceptors (Lipinski definition) is 5. The van der Waals surface area contributed by atoms with Gasteiger partial charge in [-0.3, -0.25) is 14.5 Å². The molecule has 25 heavy (non-hydrogen) atoms. The van der Waals surface area contributed by atoms with E-state index in [1.807, 2.05) is 18.7 Å². The van der Waals surface area contributed by atoms with Crippen LogP contribution in [0.15, 0.2) is 0 Å².